The monoisotopic (exact) mass is 362 g/mol. The van der Waals surface area contributed by atoms with Gasteiger partial charge in [0.15, 0.2) is 8.32 Å². The van der Waals surface area contributed by atoms with E-state index in [1.54, 1.807) is 0 Å². The van der Waals surface area contributed by atoms with Crippen LogP contribution in [0.3, 0.4) is 0 Å². The average Bonchev–Trinajstić information content (AvgIpc) is 2.85. The van der Waals surface area contributed by atoms with Gasteiger partial charge in [0.05, 0.1) is 6.10 Å². The molecule has 1 unspecified atom stereocenters. The number of allylic oxidation sites excluding steroid dienone is 1. The lowest BCUT2D eigenvalue weighted by molar-refractivity contribution is -0.139. The predicted octanol–water partition coefficient (Wildman–Crippen LogP) is 5.24. The van der Waals surface area contributed by atoms with Crippen molar-refractivity contribution in [2.45, 2.75) is 84.2 Å². The van der Waals surface area contributed by atoms with Gasteiger partial charge in [-0.3, -0.25) is 0 Å². The molecule has 0 aromatic heterocycles. The Bertz CT molecular complexity index is 626. The highest BCUT2D eigenvalue weighted by Gasteiger charge is 2.48. The number of carbonyl (C=O) groups excluding carboxylic acids is 1. The fourth-order valence-corrected chi connectivity index (χ4v) is 5.85. The Hall–Kier alpha value is -0.873. The number of rotatable bonds is 2. The van der Waals surface area contributed by atoms with Crippen LogP contribution in [-0.2, 0) is 14.0 Å². The first-order valence-electron chi connectivity index (χ1n) is 9.69. The second-order valence-corrected chi connectivity index (χ2v) is 14.7. The van der Waals surface area contributed by atoms with Gasteiger partial charge in [-0.25, -0.2) is 4.79 Å². The van der Waals surface area contributed by atoms with E-state index in [0.717, 1.165) is 19.3 Å². The van der Waals surface area contributed by atoms with E-state index >= 15 is 0 Å². The second-order valence-electron chi connectivity index (χ2n) is 9.91. The van der Waals surface area contributed by atoms with Crippen molar-refractivity contribution in [1.29, 1.82) is 0 Å². The first kappa shape index (κ1) is 18.9. The Morgan fingerprint density at radius 3 is 2.44 bits per heavy atom. The van der Waals surface area contributed by atoms with Crippen LogP contribution in [0.25, 0.3) is 0 Å². The Morgan fingerprint density at radius 1 is 1.20 bits per heavy atom. The van der Waals surface area contributed by atoms with Crippen LogP contribution in [0.15, 0.2) is 23.3 Å². The lowest BCUT2D eigenvalue weighted by Gasteiger charge is -2.39. The molecule has 0 bridgehead atoms. The normalized spacial score (nSPS) is 36.2. The molecule has 0 amide bonds. The van der Waals surface area contributed by atoms with Gasteiger partial charge in [0, 0.05) is 11.5 Å². The first-order valence-corrected chi connectivity index (χ1v) is 12.6. The van der Waals surface area contributed by atoms with Crippen molar-refractivity contribution in [2.24, 2.45) is 17.8 Å². The van der Waals surface area contributed by atoms with E-state index in [2.05, 4.69) is 54.3 Å². The maximum Gasteiger partial charge on any atom is 0.334 e. The molecule has 1 saturated heterocycles. The molecule has 2 fully saturated rings. The standard InChI is InChI=1S/C21H34O3Si/c1-12-9-19-17(14(3)20(22)23-19)10-16-13(2)18(11-15(12)16)24-25(7,8)21(4,5)6/h12,15,17-19H,3,9-11H2,1-2,4-8H3/t12-,15-,17+,18?,19+/m0/s1. The molecule has 1 heterocycles. The number of carbonyl (C=O) groups is 1. The van der Waals surface area contributed by atoms with E-state index in [9.17, 15) is 4.79 Å². The maximum absolute atomic E-state index is 11.9. The summed E-state index contributed by atoms with van der Waals surface area (Å²) in [4.78, 5) is 11.9. The third-order valence-electron chi connectivity index (χ3n) is 7.30. The van der Waals surface area contributed by atoms with E-state index in [1.807, 2.05) is 0 Å². The van der Waals surface area contributed by atoms with Crippen molar-refractivity contribution in [3.63, 3.8) is 0 Å². The van der Waals surface area contributed by atoms with E-state index in [0.29, 0.717) is 17.4 Å². The van der Waals surface area contributed by atoms with Crippen LogP contribution in [0, 0.1) is 17.8 Å². The fourth-order valence-electron chi connectivity index (χ4n) is 4.51. The molecule has 3 aliphatic rings. The lowest BCUT2D eigenvalue weighted by Crippen LogP contribution is -2.44. The molecular weight excluding hydrogens is 328 g/mol. The molecular formula is C21H34O3Si. The molecule has 3 nitrogen and oxygen atoms in total. The van der Waals surface area contributed by atoms with Gasteiger partial charge in [0.2, 0.25) is 0 Å². The summed E-state index contributed by atoms with van der Waals surface area (Å²) >= 11 is 0. The Labute approximate surface area is 154 Å². The van der Waals surface area contributed by atoms with E-state index in [1.165, 1.54) is 11.1 Å². The van der Waals surface area contributed by atoms with Crippen molar-refractivity contribution >= 4 is 14.3 Å². The Kier molecular flexibility index (Phi) is 4.60. The summed E-state index contributed by atoms with van der Waals surface area (Å²) < 4.78 is 12.4. The maximum atomic E-state index is 11.9. The Morgan fingerprint density at radius 2 is 1.84 bits per heavy atom. The third kappa shape index (κ3) is 3.16. The second kappa shape index (κ2) is 6.09. The number of esters is 1. The zero-order valence-electron chi connectivity index (χ0n) is 16.9. The summed E-state index contributed by atoms with van der Waals surface area (Å²) in [6, 6.07) is 0. The van der Waals surface area contributed by atoms with Gasteiger partial charge in [-0.2, -0.15) is 0 Å². The number of fused-ring (bicyclic) bond motifs is 2. The van der Waals surface area contributed by atoms with Crippen LogP contribution in [0.4, 0.5) is 0 Å². The van der Waals surface area contributed by atoms with Crippen LogP contribution >= 0.6 is 0 Å². The molecule has 0 aromatic rings. The van der Waals surface area contributed by atoms with Crippen molar-refractivity contribution in [3.8, 4) is 0 Å². The Balaban J connectivity index is 1.87. The molecule has 0 aromatic carbocycles. The molecule has 1 saturated carbocycles. The smallest absolute Gasteiger partial charge is 0.334 e. The molecule has 1 aliphatic heterocycles. The molecule has 140 valence electrons. The van der Waals surface area contributed by atoms with Gasteiger partial charge >= 0.3 is 5.97 Å². The zero-order valence-corrected chi connectivity index (χ0v) is 17.9. The summed E-state index contributed by atoms with van der Waals surface area (Å²) in [5, 5.41) is 0.222. The van der Waals surface area contributed by atoms with Crippen molar-refractivity contribution in [3.05, 3.63) is 23.3 Å². The van der Waals surface area contributed by atoms with Gasteiger partial charge in [-0.05, 0) is 61.7 Å². The fraction of sp³-hybridized carbons (Fsp3) is 0.762. The van der Waals surface area contributed by atoms with Crippen LogP contribution < -0.4 is 0 Å². The highest BCUT2D eigenvalue weighted by molar-refractivity contribution is 6.74. The van der Waals surface area contributed by atoms with Gasteiger partial charge in [-0.1, -0.05) is 39.8 Å². The molecule has 0 radical (unpaired) electrons. The highest BCUT2D eigenvalue weighted by atomic mass is 28.4. The van der Waals surface area contributed by atoms with Gasteiger partial charge in [0.25, 0.3) is 0 Å². The molecule has 25 heavy (non-hydrogen) atoms. The topological polar surface area (TPSA) is 35.5 Å². The molecule has 0 N–H and O–H groups in total. The molecule has 3 rings (SSSR count). The average molecular weight is 363 g/mol. The number of hydrogen-bond donors (Lipinski definition) is 0. The molecule has 0 spiro atoms. The van der Waals surface area contributed by atoms with E-state index in [4.69, 9.17) is 9.16 Å². The minimum atomic E-state index is -1.79. The SMILES string of the molecule is C=C1C(=O)O[C@@H]2C[C@H](C)[C@@H]3CC(O[Si](C)(C)C(C)(C)C)C(C)=C3C[C@H]12. The van der Waals surface area contributed by atoms with E-state index in [-0.39, 0.29) is 29.1 Å². The molecule has 2 aliphatic carbocycles. The largest absolute Gasteiger partial charge is 0.458 e. The molecule has 4 heteroatoms. The third-order valence-corrected chi connectivity index (χ3v) is 11.8. The van der Waals surface area contributed by atoms with Crippen LogP contribution in [0.1, 0.15) is 53.9 Å². The lowest BCUT2D eigenvalue weighted by atomic mass is 9.86. The highest BCUT2D eigenvalue weighted by Crippen LogP contribution is 2.51. The zero-order chi connectivity index (χ0) is 18.7. The summed E-state index contributed by atoms with van der Waals surface area (Å²) in [6.07, 6.45) is 3.23. The summed E-state index contributed by atoms with van der Waals surface area (Å²) in [5.74, 6) is 1.06. The van der Waals surface area contributed by atoms with Crippen molar-refractivity contribution in [2.75, 3.05) is 0 Å². The predicted molar refractivity (Wildman–Crippen MR) is 104 cm³/mol. The van der Waals surface area contributed by atoms with Gasteiger partial charge in [0.1, 0.15) is 6.10 Å². The van der Waals surface area contributed by atoms with Gasteiger partial charge < -0.3 is 9.16 Å². The minimum Gasteiger partial charge on any atom is -0.458 e. The van der Waals surface area contributed by atoms with Crippen LogP contribution in [0.2, 0.25) is 18.1 Å². The summed E-state index contributed by atoms with van der Waals surface area (Å²) in [7, 11) is -1.79. The number of hydrogen-bond acceptors (Lipinski definition) is 3. The minimum absolute atomic E-state index is 0.0284. The van der Waals surface area contributed by atoms with Crippen molar-refractivity contribution < 1.29 is 14.0 Å². The summed E-state index contributed by atoms with van der Waals surface area (Å²) in [6.45, 7) is 20.1. The summed E-state index contributed by atoms with van der Waals surface area (Å²) in [5.41, 5.74) is 3.60. The molecule has 5 atom stereocenters. The first-order chi connectivity index (χ1) is 11.4. The van der Waals surface area contributed by atoms with E-state index < -0.39 is 8.32 Å². The number of ether oxygens (including phenoxy) is 1. The van der Waals surface area contributed by atoms with Crippen LogP contribution in [-0.4, -0.2) is 26.5 Å². The van der Waals surface area contributed by atoms with Crippen molar-refractivity contribution in [1.82, 2.24) is 0 Å². The van der Waals surface area contributed by atoms with Crippen LogP contribution in [0.5, 0.6) is 0 Å². The quantitative estimate of drug-likeness (QED) is 0.292. The van der Waals surface area contributed by atoms with Gasteiger partial charge in [-0.15, -0.1) is 0 Å².